The molecule has 1 heterocycles. The van der Waals surface area contributed by atoms with Crippen LogP contribution < -0.4 is 10.5 Å². The highest BCUT2D eigenvalue weighted by molar-refractivity contribution is 6.31. The normalized spacial score (nSPS) is 21.8. The molecule has 1 aliphatic heterocycles. The fraction of sp³-hybridized carbons (Fsp3) is 0.250. The van der Waals surface area contributed by atoms with Gasteiger partial charge in [-0.1, -0.05) is 29.8 Å². The van der Waals surface area contributed by atoms with Gasteiger partial charge in [0.1, 0.15) is 17.8 Å². The molecule has 3 rings (SSSR count). The molecule has 2 aromatic rings. The van der Waals surface area contributed by atoms with Crippen molar-refractivity contribution >= 4 is 29.5 Å². The largest absolute Gasteiger partial charge is 0.457 e. The number of nitrogens with zero attached hydrogens (tertiary/aromatic N) is 2. The van der Waals surface area contributed by atoms with Gasteiger partial charge in [0, 0.05) is 16.8 Å². The molecule has 1 aliphatic rings. The van der Waals surface area contributed by atoms with E-state index in [-0.39, 0.29) is 12.6 Å². The second-order valence-corrected chi connectivity index (χ2v) is 7.08. The molecule has 1 saturated heterocycles. The van der Waals surface area contributed by atoms with Gasteiger partial charge in [0.2, 0.25) is 5.79 Å². The Bertz CT molecular complexity index is 860. The number of halogens is 2. The maximum absolute atomic E-state index is 6.57. The fourth-order valence-electron chi connectivity index (χ4n) is 2.91. The van der Waals surface area contributed by atoms with E-state index in [1.165, 1.54) is 17.5 Å². The molecule has 0 amide bonds. The summed E-state index contributed by atoms with van der Waals surface area (Å²) in [5.41, 5.74) is 6.07. The van der Waals surface area contributed by atoms with Crippen LogP contribution in [0.15, 0.2) is 60.3 Å². The van der Waals surface area contributed by atoms with Crippen LogP contribution in [0.5, 0.6) is 11.5 Å². The van der Waals surface area contributed by atoms with Gasteiger partial charge in [0.05, 0.1) is 24.3 Å². The van der Waals surface area contributed by atoms with Gasteiger partial charge < -0.3 is 19.9 Å². The molecule has 6 nitrogen and oxygen atoms in total. The zero-order valence-electron chi connectivity index (χ0n) is 15.3. The Morgan fingerprint density at radius 1 is 1.29 bits per heavy atom. The minimum atomic E-state index is -1.10. The molecular formula is C20H21Cl2N3O3. The smallest absolute Gasteiger partial charge is 0.217 e. The van der Waals surface area contributed by atoms with Crippen molar-refractivity contribution < 1.29 is 14.2 Å². The lowest BCUT2D eigenvalue weighted by Gasteiger charge is -2.32. The topological polar surface area (TPSA) is 69.3 Å². The number of hydrogen-bond acceptors (Lipinski definition) is 5. The van der Waals surface area contributed by atoms with Crippen molar-refractivity contribution in [3.63, 3.8) is 0 Å². The lowest BCUT2D eigenvalue weighted by atomic mass is 10.0. The summed E-state index contributed by atoms with van der Waals surface area (Å²) in [5.74, 6) is 0.133. The quantitative estimate of drug-likeness (QED) is 0.397. The second kappa shape index (κ2) is 8.84. The van der Waals surface area contributed by atoms with E-state index in [2.05, 4.69) is 11.7 Å². The predicted octanol–water partition coefficient (Wildman–Crippen LogP) is 4.72. The van der Waals surface area contributed by atoms with Gasteiger partial charge in [-0.2, -0.15) is 5.10 Å². The monoisotopic (exact) mass is 421 g/mol. The molecule has 0 radical (unpaired) electrons. The first-order chi connectivity index (χ1) is 13.5. The van der Waals surface area contributed by atoms with E-state index in [0.29, 0.717) is 33.7 Å². The second-order valence-electron chi connectivity index (χ2n) is 6.23. The van der Waals surface area contributed by atoms with E-state index < -0.39 is 5.79 Å². The van der Waals surface area contributed by atoms with E-state index in [1.54, 1.807) is 36.4 Å². The fourth-order valence-corrected chi connectivity index (χ4v) is 3.35. The van der Waals surface area contributed by atoms with Gasteiger partial charge in [-0.3, -0.25) is 5.01 Å². The number of hydrazone groups is 1. The third-order valence-electron chi connectivity index (χ3n) is 4.14. The molecule has 0 bridgehead atoms. The van der Waals surface area contributed by atoms with E-state index in [4.69, 9.17) is 43.1 Å². The summed E-state index contributed by atoms with van der Waals surface area (Å²) in [5, 5.41) is 6.66. The first-order valence-electron chi connectivity index (χ1n) is 8.64. The van der Waals surface area contributed by atoms with Gasteiger partial charge in [0.25, 0.3) is 0 Å². The standard InChI is InChI=1S/C20H21Cl2N3O3/c1-3-25(24-13-23)12-20(26-11-14(2)28-20)18-9-8-17(10-19(18)22)27-16-6-4-15(21)5-7-16/h3-10,13-14H,1,11-12H2,2H3,(H2,23,24). The van der Waals surface area contributed by atoms with Crippen LogP contribution in [0.4, 0.5) is 0 Å². The van der Waals surface area contributed by atoms with Crippen LogP contribution >= 0.6 is 23.2 Å². The van der Waals surface area contributed by atoms with Gasteiger partial charge in [-0.05, 0) is 49.4 Å². The highest BCUT2D eigenvalue weighted by Crippen LogP contribution is 2.40. The minimum absolute atomic E-state index is 0.102. The summed E-state index contributed by atoms with van der Waals surface area (Å²) in [6.07, 6.45) is 2.61. The van der Waals surface area contributed by atoms with Crippen molar-refractivity contribution in [3.05, 3.63) is 70.9 Å². The van der Waals surface area contributed by atoms with Crippen LogP contribution in [0.3, 0.4) is 0 Å². The number of nitrogens with two attached hydrogens (primary N) is 1. The summed E-state index contributed by atoms with van der Waals surface area (Å²) in [6, 6.07) is 12.4. The lowest BCUT2D eigenvalue weighted by molar-refractivity contribution is -0.183. The number of benzene rings is 2. The Morgan fingerprint density at radius 2 is 2.00 bits per heavy atom. The summed E-state index contributed by atoms with van der Waals surface area (Å²) in [7, 11) is 0. The van der Waals surface area contributed by atoms with Crippen LogP contribution in [-0.4, -0.2) is 30.6 Å². The number of rotatable bonds is 7. The van der Waals surface area contributed by atoms with E-state index in [1.807, 2.05) is 13.0 Å². The van der Waals surface area contributed by atoms with Crippen LogP contribution in [0.25, 0.3) is 0 Å². The molecular weight excluding hydrogens is 401 g/mol. The summed E-state index contributed by atoms with van der Waals surface area (Å²) in [6.45, 7) is 6.34. The first-order valence-corrected chi connectivity index (χ1v) is 9.40. The molecule has 28 heavy (non-hydrogen) atoms. The molecule has 0 aromatic heterocycles. The Hall–Kier alpha value is -2.25. The van der Waals surface area contributed by atoms with Gasteiger partial charge in [-0.25, -0.2) is 0 Å². The summed E-state index contributed by atoms with van der Waals surface area (Å²) in [4.78, 5) is 0. The SMILES string of the molecule is C=CN(CC1(c2ccc(Oc3ccc(Cl)cc3)cc2Cl)OCC(C)O1)/N=C\N. The molecule has 0 saturated carbocycles. The molecule has 2 atom stereocenters. The molecule has 0 spiro atoms. The number of ether oxygens (including phenoxy) is 3. The molecule has 148 valence electrons. The highest BCUT2D eigenvalue weighted by atomic mass is 35.5. The van der Waals surface area contributed by atoms with Crippen molar-refractivity contribution in [3.8, 4) is 11.5 Å². The predicted molar refractivity (Wildman–Crippen MR) is 111 cm³/mol. The average molecular weight is 422 g/mol. The van der Waals surface area contributed by atoms with Gasteiger partial charge in [-0.15, -0.1) is 0 Å². The summed E-state index contributed by atoms with van der Waals surface area (Å²) < 4.78 is 17.9. The average Bonchev–Trinajstić information content (AvgIpc) is 3.04. The maximum Gasteiger partial charge on any atom is 0.217 e. The molecule has 1 fully saturated rings. The van der Waals surface area contributed by atoms with Crippen LogP contribution in [0, 0.1) is 0 Å². The van der Waals surface area contributed by atoms with E-state index >= 15 is 0 Å². The zero-order valence-corrected chi connectivity index (χ0v) is 16.9. The Labute approximate surface area is 174 Å². The van der Waals surface area contributed by atoms with E-state index in [0.717, 1.165) is 0 Å². The number of hydrogen-bond donors (Lipinski definition) is 1. The summed E-state index contributed by atoms with van der Waals surface area (Å²) >= 11 is 12.5. The highest BCUT2D eigenvalue weighted by Gasteiger charge is 2.44. The van der Waals surface area contributed by atoms with Crippen molar-refractivity contribution in [2.24, 2.45) is 10.8 Å². The van der Waals surface area contributed by atoms with Gasteiger partial charge in [0.15, 0.2) is 0 Å². The van der Waals surface area contributed by atoms with Gasteiger partial charge >= 0.3 is 0 Å². The maximum atomic E-state index is 6.57. The third kappa shape index (κ3) is 4.59. The third-order valence-corrected chi connectivity index (χ3v) is 4.70. The van der Waals surface area contributed by atoms with Crippen LogP contribution in [0.1, 0.15) is 12.5 Å². The molecule has 0 aliphatic carbocycles. The van der Waals surface area contributed by atoms with Crippen molar-refractivity contribution in [1.82, 2.24) is 5.01 Å². The first kappa shape index (κ1) is 20.5. The van der Waals surface area contributed by atoms with Crippen molar-refractivity contribution in [2.75, 3.05) is 13.2 Å². The lowest BCUT2D eigenvalue weighted by Crippen LogP contribution is -2.39. The molecule has 8 heteroatoms. The Kier molecular flexibility index (Phi) is 6.46. The van der Waals surface area contributed by atoms with E-state index in [9.17, 15) is 0 Å². The molecule has 2 N–H and O–H groups in total. The Balaban J connectivity index is 1.88. The minimum Gasteiger partial charge on any atom is -0.457 e. The Morgan fingerprint density at radius 3 is 2.57 bits per heavy atom. The van der Waals surface area contributed by atoms with Crippen LogP contribution in [-0.2, 0) is 15.3 Å². The zero-order chi connectivity index (χ0) is 20.1. The van der Waals surface area contributed by atoms with Crippen LogP contribution in [0.2, 0.25) is 10.0 Å². The molecule has 2 aromatic carbocycles. The molecule has 2 unspecified atom stereocenters. The van der Waals surface area contributed by atoms with Crippen molar-refractivity contribution in [2.45, 2.75) is 18.8 Å². The van der Waals surface area contributed by atoms with Crippen molar-refractivity contribution in [1.29, 1.82) is 0 Å².